The Morgan fingerprint density at radius 2 is 2.12 bits per heavy atom. The van der Waals surface area contributed by atoms with Crippen molar-refractivity contribution in [2.45, 2.75) is 24.8 Å². The van der Waals surface area contributed by atoms with E-state index in [0.717, 1.165) is 11.4 Å². The van der Waals surface area contributed by atoms with Gasteiger partial charge in [0.1, 0.15) is 5.75 Å². The third kappa shape index (κ3) is 6.47. The van der Waals surface area contributed by atoms with E-state index in [1.807, 2.05) is 19.1 Å². The molecule has 8 heteroatoms. The lowest BCUT2D eigenvalue weighted by atomic mass is 10.3. The molecule has 1 amide bonds. The molecule has 0 aliphatic carbocycles. The first-order valence-electron chi connectivity index (χ1n) is 7.94. The SMILES string of the molecule is CCOc1ccccc1NC(=O)CSc1nc(CSCC)cc(=O)[nH]1. The molecule has 2 rings (SSSR count). The second kappa shape index (κ2) is 10.1. The summed E-state index contributed by atoms with van der Waals surface area (Å²) in [6, 6.07) is 8.77. The highest BCUT2D eigenvalue weighted by Crippen LogP contribution is 2.24. The summed E-state index contributed by atoms with van der Waals surface area (Å²) >= 11 is 2.89. The fraction of sp³-hybridized carbons (Fsp3) is 0.353. The minimum Gasteiger partial charge on any atom is -0.492 e. The van der Waals surface area contributed by atoms with E-state index in [9.17, 15) is 9.59 Å². The van der Waals surface area contributed by atoms with Crippen molar-refractivity contribution in [2.75, 3.05) is 23.4 Å². The van der Waals surface area contributed by atoms with E-state index in [0.29, 0.717) is 29.0 Å². The molecule has 6 nitrogen and oxygen atoms in total. The molecule has 0 spiro atoms. The molecule has 0 atom stereocenters. The van der Waals surface area contributed by atoms with Gasteiger partial charge in [-0.2, -0.15) is 11.8 Å². The maximum absolute atomic E-state index is 12.2. The number of hydrogen-bond acceptors (Lipinski definition) is 6. The summed E-state index contributed by atoms with van der Waals surface area (Å²) in [5, 5.41) is 3.27. The van der Waals surface area contributed by atoms with Gasteiger partial charge in [0.05, 0.1) is 23.7 Å². The Bertz CT molecular complexity index is 765. The zero-order valence-electron chi connectivity index (χ0n) is 14.2. The van der Waals surface area contributed by atoms with Gasteiger partial charge in [0.15, 0.2) is 5.16 Å². The van der Waals surface area contributed by atoms with Crippen LogP contribution >= 0.6 is 23.5 Å². The van der Waals surface area contributed by atoms with Crippen molar-refractivity contribution >= 4 is 35.1 Å². The number of anilines is 1. The predicted octanol–water partition coefficient (Wildman–Crippen LogP) is 3.15. The number of aromatic nitrogens is 2. The molecule has 0 unspecified atom stereocenters. The van der Waals surface area contributed by atoms with Crippen molar-refractivity contribution in [3.8, 4) is 5.75 Å². The minimum atomic E-state index is -0.202. The average molecular weight is 380 g/mol. The number of rotatable bonds is 9. The second-order valence-corrected chi connectivity index (χ2v) is 7.18. The van der Waals surface area contributed by atoms with Crippen LogP contribution in [0.1, 0.15) is 19.5 Å². The van der Waals surface area contributed by atoms with Crippen molar-refractivity contribution in [1.29, 1.82) is 0 Å². The van der Waals surface area contributed by atoms with Crippen molar-refractivity contribution in [1.82, 2.24) is 9.97 Å². The highest BCUT2D eigenvalue weighted by Gasteiger charge is 2.09. The lowest BCUT2D eigenvalue weighted by molar-refractivity contribution is -0.113. The van der Waals surface area contributed by atoms with E-state index < -0.39 is 0 Å². The fourth-order valence-electron chi connectivity index (χ4n) is 2.00. The summed E-state index contributed by atoms with van der Waals surface area (Å²) < 4.78 is 5.49. The van der Waals surface area contributed by atoms with Gasteiger partial charge >= 0.3 is 0 Å². The number of nitrogens with zero attached hydrogens (tertiary/aromatic N) is 1. The molecule has 0 radical (unpaired) electrons. The quantitative estimate of drug-likeness (QED) is 0.514. The summed E-state index contributed by atoms with van der Waals surface area (Å²) in [5.41, 5.74) is 1.15. The topological polar surface area (TPSA) is 84.1 Å². The molecule has 0 aliphatic heterocycles. The molecular formula is C17H21N3O3S2. The van der Waals surface area contributed by atoms with E-state index in [2.05, 4.69) is 22.2 Å². The zero-order valence-corrected chi connectivity index (χ0v) is 15.8. The van der Waals surface area contributed by atoms with Crippen LogP contribution in [0.15, 0.2) is 40.3 Å². The zero-order chi connectivity index (χ0) is 18.1. The van der Waals surface area contributed by atoms with Gasteiger partial charge in [-0.25, -0.2) is 4.98 Å². The molecule has 0 saturated carbocycles. The summed E-state index contributed by atoms with van der Waals surface area (Å²) in [7, 11) is 0. The van der Waals surface area contributed by atoms with E-state index >= 15 is 0 Å². The number of H-pyrrole nitrogens is 1. The van der Waals surface area contributed by atoms with Crippen molar-refractivity contribution in [3.05, 3.63) is 46.4 Å². The van der Waals surface area contributed by atoms with Gasteiger partial charge in [-0.1, -0.05) is 30.8 Å². The van der Waals surface area contributed by atoms with Gasteiger partial charge in [-0.05, 0) is 24.8 Å². The molecule has 0 saturated heterocycles. The molecule has 1 heterocycles. The van der Waals surface area contributed by atoms with Crippen LogP contribution < -0.4 is 15.6 Å². The first-order chi connectivity index (χ1) is 12.1. The van der Waals surface area contributed by atoms with Crippen LogP contribution in [0.2, 0.25) is 0 Å². The van der Waals surface area contributed by atoms with Crippen LogP contribution in [0.5, 0.6) is 5.75 Å². The number of amides is 1. The maximum atomic E-state index is 12.2. The highest BCUT2D eigenvalue weighted by molar-refractivity contribution is 7.99. The predicted molar refractivity (Wildman–Crippen MR) is 104 cm³/mol. The van der Waals surface area contributed by atoms with Gasteiger partial charge in [-0.15, -0.1) is 0 Å². The second-order valence-electron chi connectivity index (χ2n) is 4.95. The largest absolute Gasteiger partial charge is 0.492 e. The summed E-state index contributed by atoms with van der Waals surface area (Å²) in [6.45, 7) is 4.47. The lowest BCUT2D eigenvalue weighted by Gasteiger charge is -2.11. The number of carbonyl (C=O) groups is 1. The number of thioether (sulfide) groups is 2. The van der Waals surface area contributed by atoms with Crippen LogP contribution in [-0.2, 0) is 10.5 Å². The van der Waals surface area contributed by atoms with Crippen LogP contribution in [0.4, 0.5) is 5.69 Å². The van der Waals surface area contributed by atoms with Gasteiger partial charge in [0.2, 0.25) is 5.91 Å². The van der Waals surface area contributed by atoms with Crippen molar-refractivity contribution in [2.24, 2.45) is 0 Å². The van der Waals surface area contributed by atoms with Gasteiger partial charge in [0.25, 0.3) is 5.56 Å². The van der Waals surface area contributed by atoms with Crippen molar-refractivity contribution < 1.29 is 9.53 Å². The number of para-hydroxylation sites is 2. The molecule has 0 fully saturated rings. The Morgan fingerprint density at radius 1 is 1.32 bits per heavy atom. The number of nitrogens with one attached hydrogen (secondary N) is 2. The molecule has 25 heavy (non-hydrogen) atoms. The van der Waals surface area contributed by atoms with E-state index in [1.165, 1.54) is 17.8 Å². The minimum absolute atomic E-state index is 0.147. The van der Waals surface area contributed by atoms with Crippen LogP contribution in [0.3, 0.4) is 0 Å². The van der Waals surface area contributed by atoms with Crippen molar-refractivity contribution in [3.63, 3.8) is 0 Å². The number of carbonyl (C=O) groups excluding carboxylic acids is 1. The Balaban J connectivity index is 1.96. The summed E-state index contributed by atoms with van der Waals surface area (Å²) in [6.07, 6.45) is 0. The van der Waals surface area contributed by atoms with E-state index in [4.69, 9.17) is 4.74 Å². The lowest BCUT2D eigenvalue weighted by Crippen LogP contribution is -2.16. The smallest absolute Gasteiger partial charge is 0.251 e. The van der Waals surface area contributed by atoms with Crippen LogP contribution in [0, 0.1) is 0 Å². The van der Waals surface area contributed by atoms with Gasteiger partial charge < -0.3 is 15.0 Å². The van der Waals surface area contributed by atoms with Crippen LogP contribution in [-0.4, -0.2) is 34.0 Å². The Labute approximate surface area is 155 Å². The molecule has 2 N–H and O–H groups in total. The Hall–Kier alpha value is -1.93. The maximum Gasteiger partial charge on any atom is 0.251 e. The number of ether oxygens (including phenoxy) is 1. The van der Waals surface area contributed by atoms with Crippen LogP contribution in [0.25, 0.3) is 0 Å². The number of benzene rings is 1. The number of hydrogen-bond donors (Lipinski definition) is 2. The van der Waals surface area contributed by atoms with E-state index in [1.54, 1.807) is 23.9 Å². The molecule has 1 aromatic carbocycles. The average Bonchev–Trinajstić information content (AvgIpc) is 2.60. The highest BCUT2D eigenvalue weighted by atomic mass is 32.2. The third-order valence-electron chi connectivity index (χ3n) is 3.03. The summed E-state index contributed by atoms with van der Waals surface area (Å²) in [4.78, 5) is 30.9. The Kier molecular flexibility index (Phi) is 7.87. The first kappa shape index (κ1) is 19.4. The molecule has 1 aromatic heterocycles. The molecular weight excluding hydrogens is 358 g/mol. The monoisotopic (exact) mass is 379 g/mol. The Morgan fingerprint density at radius 3 is 2.88 bits per heavy atom. The number of aromatic amines is 1. The molecule has 0 aliphatic rings. The standard InChI is InChI=1S/C17H21N3O3S2/c1-3-23-14-8-6-5-7-13(14)19-16(22)11-25-17-18-12(10-24-4-2)9-15(21)20-17/h5-9H,3-4,10-11H2,1-2H3,(H,19,22)(H,18,20,21). The van der Waals surface area contributed by atoms with Gasteiger partial charge in [-0.3, -0.25) is 9.59 Å². The first-order valence-corrected chi connectivity index (χ1v) is 10.1. The molecule has 2 aromatic rings. The van der Waals surface area contributed by atoms with Gasteiger partial charge in [0, 0.05) is 11.8 Å². The normalized spacial score (nSPS) is 10.5. The molecule has 0 bridgehead atoms. The van der Waals surface area contributed by atoms with E-state index in [-0.39, 0.29) is 17.2 Å². The third-order valence-corrected chi connectivity index (χ3v) is 4.81. The summed E-state index contributed by atoms with van der Waals surface area (Å²) in [5.74, 6) is 2.23. The molecule has 134 valence electrons. The fourth-order valence-corrected chi connectivity index (χ4v) is 3.26.